The molecule has 0 bridgehead atoms. The van der Waals surface area contributed by atoms with Crippen molar-refractivity contribution in [1.82, 2.24) is 14.8 Å². The molecule has 1 aliphatic heterocycles. The van der Waals surface area contributed by atoms with Crippen molar-refractivity contribution in [2.75, 3.05) is 10.6 Å². The van der Waals surface area contributed by atoms with Gasteiger partial charge in [-0.2, -0.15) is 10.1 Å². The zero-order chi connectivity index (χ0) is 15.0. The van der Waals surface area contributed by atoms with E-state index < -0.39 is 6.04 Å². The van der Waals surface area contributed by atoms with Gasteiger partial charge in [-0.05, 0) is 25.5 Å². The molecule has 0 saturated carbocycles. The van der Waals surface area contributed by atoms with Gasteiger partial charge in [-0.15, -0.1) is 0 Å². The fourth-order valence-corrected chi connectivity index (χ4v) is 2.38. The van der Waals surface area contributed by atoms with Crippen LogP contribution in [-0.2, 0) is 9.59 Å². The lowest BCUT2D eigenvalue weighted by atomic mass is 10.1. The van der Waals surface area contributed by atoms with Crippen LogP contribution in [0.4, 0.5) is 11.6 Å². The molecule has 0 spiro atoms. The molecule has 108 valence electrons. The second kappa shape index (κ2) is 5.01. The average molecular weight is 285 g/mol. The number of rotatable bonds is 3. The van der Waals surface area contributed by atoms with E-state index >= 15 is 0 Å². The third kappa shape index (κ3) is 2.49. The highest BCUT2D eigenvalue weighted by atomic mass is 16.2. The lowest BCUT2D eigenvalue weighted by molar-refractivity contribution is -0.123. The number of hydrogen-bond acceptors (Lipinski definition) is 4. The summed E-state index contributed by atoms with van der Waals surface area (Å²) in [6.45, 7) is 3.92. The van der Waals surface area contributed by atoms with Gasteiger partial charge < -0.3 is 5.32 Å². The van der Waals surface area contributed by atoms with Crippen LogP contribution in [0.5, 0.6) is 0 Å². The lowest BCUT2D eigenvalue weighted by Gasteiger charge is -2.11. The third-order valence-corrected chi connectivity index (χ3v) is 3.44. The first-order valence-electron chi connectivity index (χ1n) is 6.62. The molecular formula is C14H15N5O2. The van der Waals surface area contributed by atoms with Crippen LogP contribution in [0.15, 0.2) is 24.5 Å². The van der Waals surface area contributed by atoms with Crippen molar-refractivity contribution in [2.45, 2.75) is 26.3 Å². The summed E-state index contributed by atoms with van der Waals surface area (Å²) in [6.07, 6.45) is 1.37. The van der Waals surface area contributed by atoms with Gasteiger partial charge in [0.2, 0.25) is 11.9 Å². The molecule has 2 amide bonds. The van der Waals surface area contributed by atoms with Crippen LogP contribution in [0.2, 0.25) is 0 Å². The monoisotopic (exact) mass is 285 g/mol. The second-order valence-electron chi connectivity index (χ2n) is 5.10. The van der Waals surface area contributed by atoms with Gasteiger partial charge in [0.05, 0.1) is 6.42 Å². The van der Waals surface area contributed by atoms with E-state index in [9.17, 15) is 9.59 Å². The molecule has 0 aliphatic carbocycles. The summed E-state index contributed by atoms with van der Waals surface area (Å²) < 4.78 is 1.43. The summed E-state index contributed by atoms with van der Waals surface area (Å²) in [5.41, 5.74) is 2.87. The minimum atomic E-state index is -0.645. The standard InChI is InChI=1S/C14H15N5O2/c1-8-3-4-10(9(2)5-8)17-12(20)6-11-13(21)18-14-15-7-16-19(11)14/h3-5,7,11H,6H2,1-2H3,(H,17,20)(H,15,16,18,21). The van der Waals surface area contributed by atoms with Crippen molar-refractivity contribution < 1.29 is 9.59 Å². The van der Waals surface area contributed by atoms with E-state index in [0.29, 0.717) is 5.95 Å². The van der Waals surface area contributed by atoms with Crippen molar-refractivity contribution in [2.24, 2.45) is 0 Å². The van der Waals surface area contributed by atoms with Crippen LogP contribution in [0, 0.1) is 13.8 Å². The SMILES string of the molecule is Cc1ccc(NC(=O)CC2C(=O)Nc3ncnn32)c(C)c1. The van der Waals surface area contributed by atoms with Gasteiger partial charge in [0.25, 0.3) is 5.91 Å². The number of benzene rings is 1. The first kappa shape index (κ1) is 13.3. The largest absolute Gasteiger partial charge is 0.326 e. The maximum atomic E-state index is 12.1. The minimum Gasteiger partial charge on any atom is -0.326 e. The van der Waals surface area contributed by atoms with E-state index in [1.54, 1.807) is 0 Å². The number of amides is 2. The molecular weight excluding hydrogens is 270 g/mol. The van der Waals surface area contributed by atoms with Crippen LogP contribution in [0.3, 0.4) is 0 Å². The summed E-state index contributed by atoms with van der Waals surface area (Å²) in [5.74, 6) is -0.115. The average Bonchev–Trinajstić information content (AvgIpc) is 2.96. The molecule has 1 atom stereocenters. The molecule has 1 unspecified atom stereocenters. The second-order valence-corrected chi connectivity index (χ2v) is 5.10. The quantitative estimate of drug-likeness (QED) is 0.892. The summed E-state index contributed by atoms with van der Waals surface area (Å²) in [6, 6.07) is 5.14. The van der Waals surface area contributed by atoms with Crippen LogP contribution in [-0.4, -0.2) is 26.6 Å². The number of aryl methyl sites for hydroxylation is 2. The van der Waals surface area contributed by atoms with Crippen LogP contribution in [0.25, 0.3) is 0 Å². The number of anilines is 2. The summed E-state index contributed by atoms with van der Waals surface area (Å²) in [4.78, 5) is 27.8. The Morgan fingerprint density at radius 2 is 2.24 bits per heavy atom. The van der Waals surface area contributed by atoms with Crippen LogP contribution in [0.1, 0.15) is 23.6 Å². The van der Waals surface area contributed by atoms with Crippen LogP contribution < -0.4 is 10.6 Å². The van der Waals surface area contributed by atoms with Crippen molar-refractivity contribution >= 4 is 23.5 Å². The van der Waals surface area contributed by atoms with E-state index in [4.69, 9.17) is 0 Å². The molecule has 2 aromatic rings. The molecule has 0 fully saturated rings. The van der Waals surface area contributed by atoms with E-state index in [2.05, 4.69) is 20.7 Å². The zero-order valence-corrected chi connectivity index (χ0v) is 11.8. The summed E-state index contributed by atoms with van der Waals surface area (Å²) in [7, 11) is 0. The Hall–Kier alpha value is -2.70. The zero-order valence-electron chi connectivity index (χ0n) is 11.8. The van der Waals surface area contributed by atoms with E-state index in [0.717, 1.165) is 16.8 Å². The molecule has 0 radical (unpaired) electrons. The molecule has 7 heteroatoms. The highest BCUT2D eigenvalue weighted by Crippen LogP contribution is 2.24. The number of nitrogens with one attached hydrogen (secondary N) is 2. The molecule has 1 aromatic carbocycles. The van der Waals surface area contributed by atoms with Gasteiger partial charge in [0, 0.05) is 5.69 Å². The molecule has 1 aromatic heterocycles. The van der Waals surface area contributed by atoms with Crippen molar-refractivity contribution in [3.05, 3.63) is 35.7 Å². The van der Waals surface area contributed by atoms with Crippen molar-refractivity contribution in [3.63, 3.8) is 0 Å². The molecule has 7 nitrogen and oxygen atoms in total. The predicted octanol–water partition coefficient (Wildman–Crippen LogP) is 1.42. The number of hydrogen-bond donors (Lipinski definition) is 2. The summed E-state index contributed by atoms with van der Waals surface area (Å²) in [5, 5.41) is 9.37. The highest BCUT2D eigenvalue weighted by molar-refractivity contribution is 6.01. The highest BCUT2D eigenvalue weighted by Gasteiger charge is 2.33. The number of carbonyl (C=O) groups is 2. The number of fused-ring (bicyclic) bond motifs is 1. The van der Waals surface area contributed by atoms with E-state index in [-0.39, 0.29) is 18.2 Å². The van der Waals surface area contributed by atoms with Crippen molar-refractivity contribution in [3.8, 4) is 0 Å². The Labute approximate surface area is 121 Å². The lowest BCUT2D eigenvalue weighted by Crippen LogP contribution is -2.23. The van der Waals surface area contributed by atoms with Gasteiger partial charge >= 0.3 is 0 Å². The van der Waals surface area contributed by atoms with Gasteiger partial charge in [-0.1, -0.05) is 17.7 Å². The van der Waals surface area contributed by atoms with Gasteiger partial charge in [-0.3, -0.25) is 14.9 Å². The summed E-state index contributed by atoms with van der Waals surface area (Å²) >= 11 is 0. The normalized spacial score (nSPS) is 16.5. The molecule has 21 heavy (non-hydrogen) atoms. The number of carbonyl (C=O) groups excluding carboxylic acids is 2. The number of aromatic nitrogens is 3. The van der Waals surface area contributed by atoms with E-state index in [1.165, 1.54) is 11.0 Å². The van der Waals surface area contributed by atoms with Gasteiger partial charge in [0.1, 0.15) is 12.4 Å². The van der Waals surface area contributed by atoms with E-state index in [1.807, 2.05) is 32.0 Å². The maximum absolute atomic E-state index is 12.1. The van der Waals surface area contributed by atoms with Gasteiger partial charge in [-0.25, -0.2) is 4.68 Å². The smallest absolute Gasteiger partial charge is 0.252 e. The Kier molecular flexibility index (Phi) is 3.17. The minimum absolute atomic E-state index is 0.0233. The van der Waals surface area contributed by atoms with Crippen molar-refractivity contribution in [1.29, 1.82) is 0 Å². The Morgan fingerprint density at radius 1 is 1.43 bits per heavy atom. The Morgan fingerprint density at radius 3 is 3.00 bits per heavy atom. The molecule has 2 N–H and O–H groups in total. The van der Waals surface area contributed by atoms with Crippen LogP contribution >= 0.6 is 0 Å². The number of nitrogens with zero attached hydrogens (tertiary/aromatic N) is 3. The maximum Gasteiger partial charge on any atom is 0.252 e. The Balaban J connectivity index is 1.71. The third-order valence-electron chi connectivity index (χ3n) is 3.44. The fourth-order valence-electron chi connectivity index (χ4n) is 2.38. The molecule has 3 rings (SSSR count). The molecule has 0 saturated heterocycles. The molecule has 1 aliphatic rings. The fraction of sp³-hybridized carbons (Fsp3) is 0.286. The topological polar surface area (TPSA) is 88.9 Å². The molecule has 2 heterocycles. The first-order valence-corrected chi connectivity index (χ1v) is 6.62. The first-order chi connectivity index (χ1) is 10.0. The predicted molar refractivity (Wildman–Crippen MR) is 76.9 cm³/mol. The van der Waals surface area contributed by atoms with Gasteiger partial charge in [0.15, 0.2) is 0 Å². The Bertz CT molecular complexity index is 722.